The molecule has 0 spiro atoms. The minimum atomic E-state index is -4.24. The van der Waals surface area contributed by atoms with E-state index in [-0.39, 0.29) is 12.8 Å². The maximum Gasteiger partial charge on any atom is 0.389 e. The fraction of sp³-hybridized carbons (Fsp3) is 0.727. The van der Waals surface area contributed by atoms with Gasteiger partial charge in [0.05, 0.1) is 22.5 Å². The van der Waals surface area contributed by atoms with Crippen LogP contribution in [0.1, 0.15) is 31.2 Å². The topological polar surface area (TPSA) is 38.0 Å². The molecule has 0 saturated heterocycles. The fourth-order valence-corrected chi connectivity index (χ4v) is 2.07. The predicted octanol–water partition coefficient (Wildman–Crippen LogP) is 2.88. The van der Waals surface area contributed by atoms with E-state index in [4.69, 9.17) is 11.6 Å². The average Bonchev–Trinajstić information content (AvgIpc) is 2.53. The molecule has 0 aliphatic rings. The molecule has 1 atom stereocenters. The normalized spacial score (nSPS) is 13.9. The highest BCUT2D eigenvalue weighted by Crippen LogP contribution is 2.26. The summed E-state index contributed by atoms with van der Waals surface area (Å²) in [5.41, 5.74) is 1.26. The molecule has 104 valence electrons. The van der Waals surface area contributed by atoms with Gasteiger partial charge >= 0.3 is 6.18 Å². The molecule has 7 heteroatoms. The maximum absolute atomic E-state index is 12.0. The molecule has 18 heavy (non-hydrogen) atoms. The molecule has 1 unspecified atom stereocenters. The van der Waals surface area contributed by atoms with Crippen molar-refractivity contribution in [3.05, 3.63) is 16.4 Å². The molecular formula is C11H16ClF3N2O. The van der Waals surface area contributed by atoms with E-state index in [0.29, 0.717) is 22.8 Å². The van der Waals surface area contributed by atoms with Crippen molar-refractivity contribution in [1.82, 2.24) is 9.78 Å². The van der Waals surface area contributed by atoms with Crippen LogP contribution in [0, 0.1) is 0 Å². The van der Waals surface area contributed by atoms with Crippen molar-refractivity contribution >= 4 is 11.6 Å². The minimum absolute atomic E-state index is 0.0818. The lowest BCUT2D eigenvalue weighted by atomic mass is 10.1. The Morgan fingerprint density at radius 1 is 1.44 bits per heavy atom. The summed E-state index contributed by atoms with van der Waals surface area (Å²) in [5, 5.41) is 14.2. The van der Waals surface area contributed by atoms with Crippen molar-refractivity contribution in [2.45, 2.75) is 44.9 Å². The molecule has 0 fully saturated rings. The molecule has 1 aromatic rings. The summed E-state index contributed by atoms with van der Waals surface area (Å²) in [7, 11) is 1.66. The Balaban J connectivity index is 2.64. The Kier molecular flexibility index (Phi) is 5.04. The van der Waals surface area contributed by atoms with Crippen LogP contribution in [0.5, 0.6) is 0 Å². The van der Waals surface area contributed by atoms with Crippen molar-refractivity contribution in [2.24, 2.45) is 7.05 Å². The molecule has 0 bridgehead atoms. The Hall–Kier alpha value is -0.750. The maximum atomic E-state index is 12.0. The second-order valence-corrected chi connectivity index (χ2v) is 4.57. The van der Waals surface area contributed by atoms with E-state index in [1.807, 2.05) is 6.92 Å². The van der Waals surface area contributed by atoms with Gasteiger partial charge in [0, 0.05) is 19.9 Å². The van der Waals surface area contributed by atoms with Gasteiger partial charge in [0.1, 0.15) is 0 Å². The zero-order valence-electron chi connectivity index (χ0n) is 10.3. The second kappa shape index (κ2) is 5.93. The van der Waals surface area contributed by atoms with E-state index in [1.165, 1.54) is 4.68 Å². The molecule has 1 rings (SSSR count). The van der Waals surface area contributed by atoms with Crippen LogP contribution in [0.3, 0.4) is 0 Å². The van der Waals surface area contributed by atoms with Gasteiger partial charge in [-0.15, -0.1) is 0 Å². The Morgan fingerprint density at radius 3 is 2.50 bits per heavy atom. The molecule has 0 aliphatic heterocycles. The van der Waals surface area contributed by atoms with Crippen LogP contribution in [0.2, 0.25) is 5.02 Å². The van der Waals surface area contributed by atoms with E-state index in [2.05, 4.69) is 5.10 Å². The van der Waals surface area contributed by atoms with Crippen LogP contribution < -0.4 is 0 Å². The van der Waals surface area contributed by atoms with Gasteiger partial charge in [-0.1, -0.05) is 18.5 Å². The highest BCUT2D eigenvalue weighted by molar-refractivity contribution is 6.31. The standard InChI is InChI=1S/C11H16ClF3N2O/c1-3-8-10(12)9(17(2)16-8)6-7(18)4-5-11(13,14)15/h7,18H,3-6H2,1-2H3. The number of aromatic nitrogens is 2. The SMILES string of the molecule is CCc1nn(C)c(CC(O)CCC(F)(F)F)c1Cl. The zero-order chi connectivity index (χ0) is 13.9. The van der Waals surface area contributed by atoms with Crippen LogP contribution in [0.25, 0.3) is 0 Å². The first-order valence-corrected chi connectivity index (χ1v) is 6.07. The highest BCUT2D eigenvalue weighted by Gasteiger charge is 2.28. The number of aliphatic hydroxyl groups excluding tert-OH is 1. The van der Waals surface area contributed by atoms with Crippen molar-refractivity contribution < 1.29 is 18.3 Å². The van der Waals surface area contributed by atoms with E-state index < -0.39 is 18.7 Å². The third-order valence-corrected chi connectivity index (χ3v) is 3.13. The molecule has 0 aliphatic carbocycles. The van der Waals surface area contributed by atoms with Gasteiger partial charge in [-0.3, -0.25) is 4.68 Å². The summed E-state index contributed by atoms with van der Waals surface area (Å²) in [6.07, 6.45) is -5.91. The lowest BCUT2D eigenvalue weighted by Gasteiger charge is -2.12. The number of alkyl halides is 3. The number of halogens is 4. The van der Waals surface area contributed by atoms with Crippen LogP contribution in [0.15, 0.2) is 0 Å². The smallest absolute Gasteiger partial charge is 0.389 e. The number of rotatable bonds is 5. The summed E-state index contributed by atoms with van der Waals surface area (Å²) in [6.45, 7) is 1.89. The molecule has 0 saturated carbocycles. The quantitative estimate of drug-likeness (QED) is 0.903. The van der Waals surface area contributed by atoms with Gasteiger partial charge < -0.3 is 5.11 Å². The van der Waals surface area contributed by atoms with Crippen LogP contribution in [-0.4, -0.2) is 27.2 Å². The first-order chi connectivity index (χ1) is 8.24. The van der Waals surface area contributed by atoms with Gasteiger partial charge in [0.15, 0.2) is 0 Å². The zero-order valence-corrected chi connectivity index (χ0v) is 11.0. The lowest BCUT2D eigenvalue weighted by molar-refractivity contribution is -0.139. The number of aliphatic hydroxyl groups is 1. The summed E-state index contributed by atoms with van der Waals surface area (Å²) < 4.78 is 37.6. The van der Waals surface area contributed by atoms with E-state index in [0.717, 1.165) is 0 Å². The first-order valence-electron chi connectivity index (χ1n) is 5.69. The summed E-state index contributed by atoms with van der Waals surface area (Å²) in [6, 6.07) is 0. The number of nitrogens with zero attached hydrogens (tertiary/aromatic N) is 2. The van der Waals surface area contributed by atoms with Crippen molar-refractivity contribution in [2.75, 3.05) is 0 Å². The molecule has 0 amide bonds. The number of hydrogen-bond acceptors (Lipinski definition) is 2. The van der Waals surface area contributed by atoms with Crippen LogP contribution in [-0.2, 0) is 19.9 Å². The molecule has 0 aromatic carbocycles. The van der Waals surface area contributed by atoms with Crippen molar-refractivity contribution in [3.8, 4) is 0 Å². The fourth-order valence-electron chi connectivity index (χ4n) is 1.70. The predicted molar refractivity (Wildman–Crippen MR) is 62.6 cm³/mol. The van der Waals surface area contributed by atoms with E-state index in [9.17, 15) is 18.3 Å². The lowest BCUT2D eigenvalue weighted by Crippen LogP contribution is -2.18. The first kappa shape index (κ1) is 15.3. The van der Waals surface area contributed by atoms with Gasteiger partial charge in [0.2, 0.25) is 0 Å². The largest absolute Gasteiger partial charge is 0.393 e. The number of hydrogen-bond donors (Lipinski definition) is 1. The third-order valence-electron chi connectivity index (χ3n) is 2.69. The van der Waals surface area contributed by atoms with Gasteiger partial charge in [-0.25, -0.2) is 0 Å². The van der Waals surface area contributed by atoms with Gasteiger partial charge in [-0.05, 0) is 12.8 Å². The Morgan fingerprint density at radius 2 is 2.06 bits per heavy atom. The molecule has 1 heterocycles. The van der Waals surface area contributed by atoms with Gasteiger partial charge in [0.25, 0.3) is 0 Å². The van der Waals surface area contributed by atoms with Gasteiger partial charge in [-0.2, -0.15) is 18.3 Å². The van der Waals surface area contributed by atoms with E-state index in [1.54, 1.807) is 7.05 Å². The molecule has 3 nitrogen and oxygen atoms in total. The van der Waals surface area contributed by atoms with Crippen molar-refractivity contribution in [1.29, 1.82) is 0 Å². The Bertz CT molecular complexity index is 404. The third kappa shape index (κ3) is 4.17. The van der Waals surface area contributed by atoms with Crippen LogP contribution in [0.4, 0.5) is 13.2 Å². The number of aryl methyl sites for hydroxylation is 2. The van der Waals surface area contributed by atoms with Crippen molar-refractivity contribution in [3.63, 3.8) is 0 Å². The van der Waals surface area contributed by atoms with Crippen LogP contribution >= 0.6 is 11.6 Å². The summed E-state index contributed by atoms with van der Waals surface area (Å²) in [5.74, 6) is 0. The molecule has 0 radical (unpaired) electrons. The highest BCUT2D eigenvalue weighted by atomic mass is 35.5. The average molecular weight is 285 g/mol. The summed E-state index contributed by atoms with van der Waals surface area (Å²) >= 11 is 6.05. The second-order valence-electron chi connectivity index (χ2n) is 4.20. The molecule has 1 aromatic heterocycles. The minimum Gasteiger partial charge on any atom is -0.393 e. The summed E-state index contributed by atoms with van der Waals surface area (Å²) in [4.78, 5) is 0. The molecular weight excluding hydrogens is 269 g/mol. The van der Waals surface area contributed by atoms with E-state index >= 15 is 0 Å². The molecule has 1 N–H and O–H groups in total. The Labute approximate surface area is 109 Å². The monoisotopic (exact) mass is 284 g/mol.